The molecular weight excluding hydrogens is 200 g/mol. The number of anilines is 1. The monoisotopic (exact) mass is 214 g/mol. The van der Waals surface area contributed by atoms with Crippen molar-refractivity contribution in [1.82, 2.24) is 4.98 Å². The summed E-state index contributed by atoms with van der Waals surface area (Å²) in [5, 5.41) is 10.5. The summed E-state index contributed by atoms with van der Waals surface area (Å²) < 4.78 is 0. The number of nitrogens with two attached hydrogens (primary N) is 1. The van der Waals surface area contributed by atoms with Crippen LogP contribution in [0.4, 0.5) is 5.69 Å². The van der Waals surface area contributed by atoms with Gasteiger partial charge in [-0.3, -0.25) is 4.98 Å². The van der Waals surface area contributed by atoms with Gasteiger partial charge >= 0.3 is 0 Å². The van der Waals surface area contributed by atoms with Gasteiger partial charge in [0.1, 0.15) is 5.60 Å². The molecule has 1 unspecified atom stereocenters. The van der Waals surface area contributed by atoms with E-state index >= 15 is 0 Å². The van der Waals surface area contributed by atoms with Crippen molar-refractivity contribution >= 4 is 5.69 Å². The molecule has 2 rings (SSSR count). The molecule has 0 aliphatic heterocycles. The number of rotatable bonds is 2. The van der Waals surface area contributed by atoms with Gasteiger partial charge in [0.15, 0.2) is 0 Å². The molecule has 16 heavy (non-hydrogen) atoms. The van der Waals surface area contributed by atoms with Crippen LogP contribution in [0.2, 0.25) is 0 Å². The smallest absolute Gasteiger partial charge is 0.112 e. The average molecular weight is 214 g/mol. The molecule has 2 aromatic rings. The highest BCUT2D eigenvalue weighted by Gasteiger charge is 2.24. The van der Waals surface area contributed by atoms with Crippen LogP contribution in [0.3, 0.4) is 0 Å². The summed E-state index contributed by atoms with van der Waals surface area (Å²) in [7, 11) is 0. The first-order valence-corrected chi connectivity index (χ1v) is 5.09. The lowest BCUT2D eigenvalue weighted by atomic mass is 9.89. The first-order valence-electron chi connectivity index (χ1n) is 5.09. The van der Waals surface area contributed by atoms with Gasteiger partial charge in [0.05, 0.1) is 0 Å². The third-order valence-corrected chi connectivity index (χ3v) is 2.72. The predicted octanol–water partition coefficient (Wildman–Crippen LogP) is 1.92. The Morgan fingerprint density at radius 2 is 1.50 bits per heavy atom. The minimum Gasteiger partial charge on any atom is -0.399 e. The molecule has 0 saturated carbocycles. The third kappa shape index (κ3) is 1.90. The zero-order chi connectivity index (χ0) is 11.6. The van der Waals surface area contributed by atoms with Crippen LogP contribution in [0.1, 0.15) is 18.1 Å². The van der Waals surface area contributed by atoms with Crippen molar-refractivity contribution in [2.75, 3.05) is 5.73 Å². The summed E-state index contributed by atoms with van der Waals surface area (Å²) in [6.45, 7) is 1.76. The van der Waals surface area contributed by atoms with Crippen molar-refractivity contribution in [3.8, 4) is 0 Å². The van der Waals surface area contributed by atoms with Gasteiger partial charge in [-0.05, 0) is 42.3 Å². The van der Waals surface area contributed by atoms with E-state index in [1.807, 2.05) is 12.1 Å². The maximum Gasteiger partial charge on any atom is 0.112 e. The van der Waals surface area contributed by atoms with E-state index in [-0.39, 0.29) is 0 Å². The maximum absolute atomic E-state index is 10.5. The SMILES string of the molecule is CC(O)(c1ccncc1)c1ccc(N)cc1. The van der Waals surface area contributed by atoms with Crippen LogP contribution in [-0.4, -0.2) is 10.1 Å². The van der Waals surface area contributed by atoms with Crippen LogP contribution in [0.15, 0.2) is 48.8 Å². The molecule has 3 heteroatoms. The van der Waals surface area contributed by atoms with Crippen molar-refractivity contribution in [3.05, 3.63) is 59.9 Å². The summed E-state index contributed by atoms with van der Waals surface area (Å²) >= 11 is 0. The van der Waals surface area contributed by atoms with E-state index in [0.29, 0.717) is 5.69 Å². The Kier molecular flexibility index (Phi) is 2.62. The molecule has 0 aliphatic rings. The van der Waals surface area contributed by atoms with Crippen LogP contribution in [0, 0.1) is 0 Å². The molecule has 1 aromatic carbocycles. The Bertz CT molecular complexity index is 463. The van der Waals surface area contributed by atoms with Crippen LogP contribution < -0.4 is 5.73 Å². The van der Waals surface area contributed by atoms with E-state index in [0.717, 1.165) is 11.1 Å². The summed E-state index contributed by atoms with van der Waals surface area (Å²) in [6, 6.07) is 10.8. The lowest BCUT2D eigenvalue weighted by Gasteiger charge is -2.24. The highest BCUT2D eigenvalue weighted by molar-refractivity contribution is 5.43. The first kappa shape index (κ1) is 10.6. The lowest BCUT2D eigenvalue weighted by Crippen LogP contribution is -2.22. The molecule has 0 fully saturated rings. The molecule has 3 N–H and O–H groups in total. The number of aromatic nitrogens is 1. The largest absolute Gasteiger partial charge is 0.399 e. The Labute approximate surface area is 94.6 Å². The molecule has 0 radical (unpaired) electrons. The molecule has 3 nitrogen and oxygen atoms in total. The summed E-state index contributed by atoms with van der Waals surface area (Å²) in [6.07, 6.45) is 3.34. The Balaban J connectivity index is 2.43. The summed E-state index contributed by atoms with van der Waals surface area (Å²) in [5.41, 5.74) is 6.91. The molecule has 0 amide bonds. The molecule has 1 aromatic heterocycles. The van der Waals surface area contributed by atoms with Crippen molar-refractivity contribution in [2.45, 2.75) is 12.5 Å². The second-order valence-electron chi connectivity index (χ2n) is 3.93. The molecule has 0 spiro atoms. The van der Waals surface area contributed by atoms with Crippen molar-refractivity contribution in [1.29, 1.82) is 0 Å². The van der Waals surface area contributed by atoms with E-state index in [1.54, 1.807) is 43.6 Å². The van der Waals surface area contributed by atoms with E-state index in [4.69, 9.17) is 5.73 Å². The van der Waals surface area contributed by atoms with E-state index in [1.165, 1.54) is 0 Å². The number of nitrogen functional groups attached to an aromatic ring is 1. The van der Waals surface area contributed by atoms with Crippen LogP contribution >= 0.6 is 0 Å². The Hall–Kier alpha value is -1.87. The van der Waals surface area contributed by atoms with Gasteiger partial charge in [-0.2, -0.15) is 0 Å². The summed E-state index contributed by atoms with van der Waals surface area (Å²) in [5.74, 6) is 0. The fraction of sp³-hybridized carbons (Fsp3) is 0.154. The van der Waals surface area contributed by atoms with Crippen molar-refractivity contribution < 1.29 is 5.11 Å². The predicted molar refractivity (Wildman–Crippen MR) is 63.8 cm³/mol. The van der Waals surface area contributed by atoms with Crippen LogP contribution in [0.5, 0.6) is 0 Å². The number of hydrogen-bond donors (Lipinski definition) is 2. The van der Waals surface area contributed by atoms with Crippen LogP contribution in [0.25, 0.3) is 0 Å². The van der Waals surface area contributed by atoms with Gasteiger partial charge in [-0.15, -0.1) is 0 Å². The van der Waals surface area contributed by atoms with Gasteiger partial charge in [0.25, 0.3) is 0 Å². The molecule has 1 heterocycles. The number of hydrogen-bond acceptors (Lipinski definition) is 3. The zero-order valence-corrected chi connectivity index (χ0v) is 9.09. The van der Waals surface area contributed by atoms with Crippen molar-refractivity contribution in [2.24, 2.45) is 0 Å². The third-order valence-electron chi connectivity index (χ3n) is 2.72. The van der Waals surface area contributed by atoms with Gasteiger partial charge in [0.2, 0.25) is 0 Å². The summed E-state index contributed by atoms with van der Waals surface area (Å²) in [4.78, 5) is 3.94. The van der Waals surface area contributed by atoms with E-state index in [9.17, 15) is 5.11 Å². The second-order valence-corrected chi connectivity index (χ2v) is 3.93. The second kappa shape index (κ2) is 3.94. The zero-order valence-electron chi connectivity index (χ0n) is 9.09. The van der Waals surface area contributed by atoms with Gasteiger partial charge in [-0.1, -0.05) is 12.1 Å². The average Bonchev–Trinajstić information content (AvgIpc) is 2.31. The van der Waals surface area contributed by atoms with Gasteiger partial charge in [-0.25, -0.2) is 0 Å². The first-order chi connectivity index (χ1) is 7.60. The molecule has 1 atom stereocenters. The number of pyridine rings is 1. The fourth-order valence-electron chi connectivity index (χ4n) is 1.65. The lowest BCUT2D eigenvalue weighted by molar-refractivity contribution is 0.102. The number of nitrogens with zero attached hydrogens (tertiary/aromatic N) is 1. The van der Waals surface area contributed by atoms with E-state index in [2.05, 4.69) is 4.98 Å². The number of aliphatic hydroxyl groups is 1. The Morgan fingerprint density at radius 1 is 1.00 bits per heavy atom. The van der Waals surface area contributed by atoms with Gasteiger partial charge in [0, 0.05) is 18.1 Å². The Morgan fingerprint density at radius 3 is 2.06 bits per heavy atom. The van der Waals surface area contributed by atoms with Gasteiger partial charge < -0.3 is 10.8 Å². The molecular formula is C13H14N2O. The van der Waals surface area contributed by atoms with E-state index < -0.39 is 5.60 Å². The topological polar surface area (TPSA) is 59.1 Å². The van der Waals surface area contributed by atoms with Crippen molar-refractivity contribution in [3.63, 3.8) is 0 Å². The highest BCUT2D eigenvalue weighted by atomic mass is 16.3. The highest BCUT2D eigenvalue weighted by Crippen LogP contribution is 2.28. The fourth-order valence-corrected chi connectivity index (χ4v) is 1.65. The minimum absolute atomic E-state index is 0.689. The molecule has 0 saturated heterocycles. The normalized spacial score (nSPS) is 14.4. The molecule has 0 aliphatic carbocycles. The minimum atomic E-state index is -1.02. The standard InChI is InChI=1S/C13H14N2O/c1-13(16,11-6-8-15-9-7-11)10-2-4-12(14)5-3-10/h2-9,16H,14H2,1H3. The maximum atomic E-state index is 10.5. The van der Waals surface area contributed by atoms with Crippen LogP contribution in [-0.2, 0) is 5.60 Å². The quantitative estimate of drug-likeness (QED) is 0.751. The number of benzene rings is 1. The molecule has 0 bridgehead atoms. The molecule has 82 valence electrons.